The first kappa shape index (κ1) is 25.4. The largest absolute Gasteiger partial charge is 0.481 e. The fraction of sp³-hybridized carbons (Fsp3) is 0.346. The molecule has 0 saturated carbocycles. The van der Waals surface area contributed by atoms with Crippen LogP contribution in [0.4, 0.5) is 8.78 Å². The molecule has 2 rings (SSSR count). The molecular formula is C26H30F2O4. The summed E-state index contributed by atoms with van der Waals surface area (Å²) in [6, 6.07) is 9.00. The molecule has 2 aromatic rings. The van der Waals surface area contributed by atoms with Gasteiger partial charge < -0.3 is 15.3 Å². The fourth-order valence-electron chi connectivity index (χ4n) is 3.69. The van der Waals surface area contributed by atoms with Crippen molar-refractivity contribution >= 4 is 11.5 Å². The maximum absolute atomic E-state index is 13.8. The van der Waals surface area contributed by atoms with Crippen molar-refractivity contribution in [3.05, 3.63) is 88.0 Å². The van der Waals surface area contributed by atoms with E-state index in [1.165, 1.54) is 30.3 Å². The number of carboxylic acid groups (broad SMARTS) is 1. The summed E-state index contributed by atoms with van der Waals surface area (Å²) >= 11 is 0. The van der Waals surface area contributed by atoms with Gasteiger partial charge in [-0.1, -0.05) is 38.1 Å². The minimum absolute atomic E-state index is 0.00806. The summed E-state index contributed by atoms with van der Waals surface area (Å²) in [4.78, 5) is 10.7. The summed E-state index contributed by atoms with van der Waals surface area (Å²) in [5, 5.41) is 28.9. The van der Waals surface area contributed by atoms with Crippen LogP contribution in [0.15, 0.2) is 54.1 Å². The molecule has 0 saturated heterocycles. The molecule has 0 aliphatic heterocycles. The van der Waals surface area contributed by atoms with Crippen LogP contribution in [-0.2, 0) is 4.79 Å². The third kappa shape index (κ3) is 6.84. The molecule has 0 unspecified atom stereocenters. The van der Waals surface area contributed by atoms with Gasteiger partial charge in [0, 0.05) is 6.42 Å². The normalized spacial score (nSPS) is 13.4. The van der Waals surface area contributed by atoms with E-state index in [1.54, 1.807) is 32.1 Å². The monoisotopic (exact) mass is 444 g/mol. The van der Waals surface area contributed by atoms with E-state index < -0.39 is 24.6 Å². The molecule has 0 amide bonds. The molecule has 2 aromatic carbocycles. The molecule has 4 nitrogen and oxygen atoms in total. The molecule has 32 heavy (non-hydrogen) atoms. The highest BCUT2D eigenvalue weighted by Gasteiger charge is 2.19. The summed E-state index contributed by atoms with van der Waals surface area (Å²) in [6.07, 6.45) is 0.461. The number of rotatable bonds is 9. The molecule has 0 aromatic heterocycles. The summed E-state index contributed by atoms with van der Waals surface area (Å²) in [5.74, 6) is -1.86. The zero-order valence-corrected chi connectivity index (χ0v) is 18.8. The maximum atomic E-state index is 13.8. The number of halogens is 2. The van der Waals surface area contributed by atoms with Gasteiger partial charge in [-0.2, -0.15) is 0 Å². The lowest BCUT2D eigenvalue weighted by molar-refractivity contribution is -0.139. The van der Waals surface area contributed by atoms with Gasteiger partial charge in [-0.25, -0.2) is 8.78 Å². The van der Waals surface area contributed by atoms with Crippen LogP contribution in [0, 0.1) is 31.4 Å². The molecule has 3 N–H and O–H groups in total. The number of aliphatic hydroxyl groups is 2. The summed E-state index contributed by atoms with van der Waals surface area (Å²) < 4.78 is 27.6. The van der Waals surface area contributed by atoms with Gasteiger partial charge in [-0.3, -0.25) is 4.79 Å². The van der Waals surface area contributed by atoms with Gasteiger partial charge in [0.1, 0.15) is 11.6 Å². The Hall–Kier alpha value is -2.83. The number of carbonyl (C=O) groups is 1. The lowest BCUT2D eigenvalue weighted by atomic mass is 9.84. The van der Waals surface area contributed by atoms with Gasteiger partial charge >= 0.3 is 5.97 Å². The van der Waals surface area contributed by atoms with Gasteiger partial charge in [-0.15, -0.1) is 0 Å². The Morgan fingerprint density at radius 2 is 1.47 bits per heavy atom. The van der Waals surface area contributed by atoms with Crippen LogP contribution in [0.2, 0.25) is 0 Å². The summed E-state index contributed by atoms with van der Waals surface area (Å²) in [7, 11) is 0. The lowest BCUT2D eigenvalue weighted by Gasteiger charge is -2.21. The van der Waals surface area contributed by atoms with E-state index in [9.17, 15) is 23.8 Å². The summed E-state index contributed by atoms with van der Waals surface area (Å²) in [5.41, 5.74) is 4.64. The predicted octanol–water partition coefficient (Wildman–Crippen LogP) is 5.18. The molecule has 2 atom stereocenters. The number of carboxylic acids is 1. The second kappa shape index (κ2) is 11.2. The first-order valence-corrected chi connectivity index (χ1v) is 10.5. The number of aliphatic carboxylic acids is 1. The Morgan fingerprint density at radius 3 is 1.88 bits per heavy atom. The minimum atomic E-state index is -1.17. The Morgan fingerprint density at radius 1 is 0.969 bits per heavy atom. The van der Waals surface area contributed by atoms with E-state index in [1.807, 2.05) is 13.8 Å². The van der Waals surface area contributed by atoms with Crippen LogP contribution in [0.5, 0.6) is 0 Å². The van der Waals surface area contributed by atoms with E-state index in [0.29, 0.717) is 11.1 Å². The van der Waals surface area contributed by atoms with Crippen molar-refractivity contribution in [2.75, 3.05) is 0 Å². The lowest BCUT2D eigenvalue weighted by Crippen LogP contribution is -2.19. The van der Waals surface area contributed by atoms with Crippen LogP contribution in [0.1, 0.15) is 48.9 Å². The van der Waals surface area contributed by atoms with E-state index in [0.717, 1.165) is 22.3 Å². The van der Waals surface area contributed by atoms with Gasteiger partial charge in [-0.05, 0) is 77.4 Å². The Labute approximate surface area is 187 Å². The van der Waals surface area contributed by atoms with Gasteiger partial charge in [0.15, 0.2) is 0 Å². The molecule has 0 radical (unpaired) electrons. The molecule has 6 heteroatoms. The third-order valence-electron chi connectivity index (χ3n) is 5.25. The number of hydrogen-bond acceptors (Lipinski definition) is 3. The molecule has 172 valence electrons. The predicted molar refractivity (Wildman–Crippen MR) is 121 cm³/mol. The number of benzene rings is 2. The van der Waals surface area contributed by atoms with E-state index in [2.05, 4.69) is 0 Å². The number of hydrogen-bond donors (Lipinski definition) is 3. The van der Waals surface area contributed by atoms with Crippen LogP contribution in [0.25, 0.3) is 5.57 Å². The fourth-order valence-corrected chi connectivity index (χ4v) is 3.69. The SMILES string of the molecule is Cc1cc(F)ccc1C(=C(C=C[C@@H](O)C[C@@H](O)CC(=O)O)C(C)C)c1ccc(F)cc1C. The second-order valence-electron chi connectivity index (χ2n) is 8.32. The average molecular weight is 445 g/mol. The van der Waals surface area contributed by atoms with Crippen molar-refractivity contribution in [2.24, 2.45) is 5.92 Å². The molecule has 0 fully saturated rings. The molecular weight excluding hydrogens is 414 g/mol. The minimum Gasteiger partial charge on any atom is -0.481 e. The first-order chi connectivity index (χ1) is 15.0. The van der Waals surface area contributed by atoms with Gasteiger partial charge in [0.25, 0.3) is 0 Å². The first-order valence-electron chi connectivity index (χ1n) is 10.5. The van der Waals surface area contributed by atoms with Crippen molar-refractivity contribution in [3.63, 3.8) is 0 Å². The Balaban J connectivity index is 2.62. The van der Waals surface area contributed by atoms with Crippen LogP contribution in [0.3, 0.4) is 0 Å². The quantitative estimate of drug-likeness (QED) is 0.466. The van der Waals surface area contributed by atoms with Gasteiger partial charge in [0.05, 0.1) is 18.6 Å². The molecule has 0 heterocycles. The van der Waals surface area contributed by atoms with Crippen molar-refractivity contribution in [3.8, 4) is 0 Å². The third-order valence-corrected chi connectivity index (χ3v) is 5.25. The average Bonchev–Trinajstić information content (AvgIpc) is 2.65. The van der Waals surface area contributed by atoms with Gasteiger partial charge in [0.2, 0.25) is 0 Å². The number of allylic oxidation sites excluding steroid dienone is 2. The van der Waals surface area contributed by atoms with Crippen molar-refractivity contribution in [1.82, 2.24) is 0 Å². The smallest absolute Gasteiger partial charge is 0.305 e. The maximum Gasteiger partial charge on any atom is 0.305 e. The van der Waals surface area contributed by atoms with E-state index in [4.69, 9.17) is 5.11 Å². The summed E-state index contributed by atoms with van der Waals surface area (Å²) in [6.45, 7) is 7.55. The Kier molecular flexibility index (Phi) is 8.87. The van der Waals surface area contributed by atoms with Crippen LogP contribution >= 0.6 is 0 Å². The van der Waals surface area contributed by atoms with Crippen molar-refractivity contribution in [2.45, 2.75) is 52.7 Å². The van der Waals surface area contributed by atoms with Crippen molar-refractivity contribution < 1.29 is 28.9 Å². The molecule has 0 aliphatic rings. The highest BCUT2D eigenvalue weighted by atomic mass is 19.1. The second-order valence-corrected chi connectivity index (χ2v) is 8.32. The molecule has 0 spiro atoms. The highest BCUT2D eigenvalue weighted by Crippen LogP contribution is 2.35. The van der Waals surface area contributed by atoms with Crippen molar-refractivity contribution in [1.29, 1.82) is 0 Å². The van der Waals surface area contributed by atoms with E-state index in [-0.39, 0.29) is 24.0 Å². The molecule has 0 bridgehead atoms. The number of aliphatic hydroxyl groups excluding tert-OH is 2. The standard InChI is InChI=1S/C26H30F2O4/c1-15(2)22(10-7-20(29)13-21(30)14-25(31)32)26(23-8-5-18(27)11-16(23)3)24-9-6-19(28)12-17(24)4/h5-12,15,20-21,29-30H,13-14H2,1-4H3,(H,31,32)/t20-,21-/m1/s1. The van der Waals surface area contributed by atoms with Crippen LogP contribution < -0.4 is 0 Å². The van der Waals surface area contributed by atoms with E-state index >= 15 is 0 Å². The van der Waals surface area contributed by atoms with Crippen LogP contribution in [-0.4, -0.2) is 33.5 Å². The zero-order chi connectivity index (χ0) is 24.0. The Bertz CT molecular complexity index is 971. The zero-order valence-electron chi connectivity index (χ0n) is 18.8. The topological polar surface area (TPSA) is 77.8 Å². The molecule has 0 aliphatic carbocycles. The highest BCUT2D eigenvalue weighted by molar-refractivity contribution is 5.86. The number of aryl methyl sites for hydroxylation is 2.